The summed E-state index contributed by atoms with van der Waals surface area (Å²) in [5.41, 5.74) is 4.06. The van der Waals surface area contributed by atoms with Gasteiger partial charge in [-0.2, -0.15) is 0 Å². The van der Waals surface area contributed by atoms with Crippen molar-refractivity contribution in [2.24, 2.45) is 5.84 Å². The van der Waals surface area contributed by atoms with Crippen LogP contribution in [-0.4, -0.2) is 10.9 Å². The summed E-state index contributed by atoms with van der Waals surface area (Å²) in [6.45, 7) is 1.97. The highest BCUT2D eigenvalue weighted by Gasteiger charge is 2.16. The van der Waals surface area contributed by atoms with Crippen LogP contribution in [0.25, 0.3) is 0 Å². The van der Waals surface area contributed by atoms with E-state index in [4.69, 9.17) is 17.4 Å². The zero-order chi connectivity index (χ0) is 13.8. The number of carbonyl (C=O) groups is 1. The summed E-state index contributed by atoms with van der Waals surface area (Å²) in [5.74, 6) is 4.89. The highest BCUT2D eigenvalue weighted by atomic mass is 35.5. The van der Waals surface area contributed by atoms with Crippen LogP contribution in [0.2, 0.25) is 5.02 Å². The summed E-state index contributed by atoms with van der Waals surface area (Å²) in [4.78, 5) is 16.7. The van der Waals surface area contributed by atoms with Gasteiger partial charge < -0.3 is 0 Å². The Morgan fingerprint density at radius 1 is 1.42 bits per heavy atom. The van der Waals surface area contributed by atoms with E-state index in [2.05, 4.69) is 10.4 Å². The Morgan fingerprint density at radius 3 is 2.68 bits per heavy atom. The first kappa shape index (κ1) is 14.0. The third-order valence-corrected chi connectivity index (χ3v) is 4.03. The number of nitrogens with two attached hydrogens (primary N) is 1. The molecule has 0 spiro atoms. The Morgan fingerprint density at radius 2 is 2.11 bits per heavy atom. The number of benzene rings is 1. The molecule has 0 aliphatic carbocycles. The zero-order valence-electron chi connectivity index (χ0n) is 10.4. The van der Waals surface area contributed by atoms with Crippen molar-refractivity contribution < 1.29 is 4.79 Å². The Balaban J connectivity index is 2.23. The molecule has 2 rings (SSSR count). The number of aryl methyl sites for hydroxylation is 1. The second-order valence-corrected chi connectivity index (χ2v) is 5.53. The van der Waals surface area contributed by atoms with Crippen molar-refractivity contribution in [1.29, 1.82) is 0 Å². The van der Waals surface area contributed by atoms with Gasteiger partial charge in [0.25, 0.3) is 5.91 Å². The van der Waals surface area contributed by atoms with Crippen LogP contribution in [0.4, 0.5) is 0 Å². The molecule has 0 aliphatic heterocycles. The van der Waals surface area contributed by atoms with E-state index in [1.165, 1.54) is 11.3 Å². The minimum absolute atomic E-state index is 0.281. The van der Waals surface area contributed by atoms with E-state index >= 15 is 0 Å². The van der Waals surface area contributed by atoms with Gasteiger partial charge in [0.15, 0.2) is 0 Å². The lowest BCUT2D eigenvalue weighted by molar-refractivity contribution is 0.0956. The van der Waals surface area contributed by atoms with Gasteiger partial charge >= 0.3 is 0 Å². The van der Waals surface area contributed by atoms with Gasteiger partial charge in [0.1, 0.15) is 4.88 Å². The predicted molar refractivity (Wildman–Crippen MR) is 77.4 cm³/mol. The average molecular weight is 296 g/mol. The van der Waals surface area contributed by atoms with Crippen molar-refractivity contribution in [1.82, 2.24) is 10.4 Å². The van der Waals surface area contributed by atoms with Crippen LogP contribution >= 0.6 is 22.9 Å². The van der Waals surface area contributed by atoms with Gasteiger partial charge in [-0.1, -0.05) is 30.7 Å². The molecule has 0 bridgehead atoms. The van der Waals surface area contributed by atoms with Crippen molar-refractivity contribution in [3.05, 3.63) is 50.4 Å². The summed E-state index contributed by atoms with van der Waals surface area (Å²) >= 11 is 7.23. The van der Waals surface area contributed by atoms with E-state index in [0.29, 0.717) is 22.7 Å². The molecule has 100 valence electrons. The van der Waals surface area contributed by atoms with Crippen LogP contribution in [0.5, 0.6) is 0 Å². The minimum atomic E-state index is -0.281. The first-order valence-electron chi connectivity index (χ1n) is 5.88. The quantitative estimate of drug-likeness (QED) is 0.517. The second-order valence-electron chi connectivity index (χ2n) is 4.01. The summed E-state index contributed by atoms with van der Waals surface area (Å²) in [7, 11) is 0. The number of nitrogens with one attached hydrogen (secondary N) is 1. The van der Waals surface area contributed by atoms with Crippen LogP contribution in [0.3, 0.4) is 0 Å². The fourth-order valence-corrected chi connectivity index (χ4v) is 2.95. The lowest BCUT2D eigenvalue weighted by Gasteiger charge is -1.97. The second kappa shape index (κ2) is 6.14. The fourth-order valence-electron chi connectivity index (χ4n) is 1.74. The number of hydrogen-bond acceptors (Lipinski definition) is 4. The molecule has 1 aromatic carbocycles. The molecule has 1 aromatic heterocycles. The predicted octanol–water partition coefficient (Wildman–Crippen LogP) is 2.55. The SMILES string of the molecule is CCc1nc(Cc2ccc(Cl)cc2)sc1C(=O)NN. The van der Waals surface area contributed by atoms with E-state index in [0.717, 1.165) is 16.3 Å². The van der Waals surface area contributed by atoms with Crippen LogP contribution in [-0.2, 0) is 12.8 Å². The smallest absolute Gasteiger partial charge is 0.277 e. The largest absolute Gasteiger partial charge is 0.289 e. The molecule has 0 saturated heterocycles. The van der Waals surface area contributed by atoms with Crippen molar-refractivity contribution in [2.45, 2.75) is 19.8 Å². The van der Waals surface area contributed by atoms with Crippen LogP contribution in [0.15, 0.2) is 24.3 Å². The molecule has 1 amide bonds. The van der Waals surface area contributed by atoms with E-state index in [1.54, 1.807) is 0 Å². The summed E-state index contributed by atoms with van der Waals surface area (Å²) in [5, 5.41) is 1.61. The number of halogens is 1. The third kappa shape index (κ3) is 3.32. The van der Waals surface area contributed by atoms with Gasteiger partial charge in [-0.3, -0.25) is 10.2 Å². The molecule has 2 aromatic rings. The number of thiazole rings is 1. The van der Waals surface area contributed by atoms with Crippen molar-refractivity contribution >= 4 is 28.8 Å². The van der Waals surface area contributed by atoms with E-state index in [9.17, 15) is 4.79 Å². The van der Waals surface area contributed by atoms with Crippen molar-refractivity contribution in [3.8, 4) is 0 Å². The van der Waals surface area contributed by atoms with Gasteiger partial charge in [-0.15, -0.1) is 11.3 Å². The lowest BCUT2D eigenvalue weighted by Crippen LogP contribution is -2.30. The minimum Gasteiger partial charge on any atom is -0.289 e. The maximum Gasteiger partial charge on any atom is 0.277 e. The maximum absolute atomic E-state index is 11.6. The standard InChI is InChI=1S/C13H14ClN3OS/c1-2-10-12(13(18)17-15)19-11(16-10)7-8-3-5-9(14)6-4-8/h3-6H,2,7,15H2,1H3,(H,17,18). The van der Waals surface area contributed by atoms with E-state index in [1.807, 2.05) is 31.2 Å². The highest BCUT2D eigenvalue weighted by Crippen LogP contribution is 2.22. The van der Waals surface area contributed by atoms with Crippen molar-refractivity contribution in [3.63, 3.8) is 0 Å². The molecule has 0 radical (unpaired) electrons. The van der Waals surface area contributed by atoms with E-state index < -0.39 is 0 Å². The summed E-state index contributed by atoms with van der Waals surface area (Å²) < 4.78 is 0. The summed E-state index contributed by atoms with van der Waals surface area (Å²) in [6.07, 6.45) is 1.40. The monoisotopic (exact) mass is 295 g/mol. The van der Waals surface area contributed by atoms with Gasteiger partial charge in [0, 0.05) is 11.4 Å². The molecule has 0 unspecified atom stereocenters. The Kier molecular flexibility index (Phi) is 4.52. The fraction of sp³-hybridized carbons (Fsp3) is 0.231. The van der Waals surface area contributed by atoms with Crippen LogP contribution in [0.1, 0.15) is 32.9 Å². The molecule has 1 heterocycles. The third-order valence-electron chi connectivity index (χ3n) is 2.68. The number of nitrogens with zero attached hydrogens (tertiary/aromatic N) is 1. The number of carbonyl (C=O) groups excluding carboxylic acids is 1. The molecule has 19 heavy (non-hydrogen) atoms. The van der Waals surface area contributed by atoms with Crippen LogP contribution in [0, 0.1) is 0 Å². The van der Waals surface area contributed by atoms with Crippen molar-refractivity contribution in [2.75, 3.05) is 0 Å². The van der Waals surface area contributed by atoms with Gasteiger partial charge in [-0.25, -0.2) is 10.8 Å². The molecule has 0 saturated carbocycles. The maximum atomic E-state index is 11.6. The Hall–Kier alpha value is -1.43. The molecule has 6 heteroatoms. The first-order chi connectivity index (χ1) is 9.13. The Bertz CT molecular complexity index is 580. The first-order valence-corrected chi connectivity index (χ1v) is 7.07. The summed E-state index contributed by atoms with van der Waals surface area (Å²) in [6, 6.07) is 7.60. The normalized spacial score (nSPS) is 10.5. The molecule has 0 fully saturated rings. The number of rotatable bonds is 4. The lowest BCUT2D eigenvalue weighted by atomic mass is 10.2. The van der Waals surface area contributed by atoms with Gasteiger partial charge in [0.05, 0.1) is 10.7 Å². The number of hydrazine groups is 1. The van der Waals surface area contributed by atoms with Gasteiger partial charge in [0.2, 0.25) is 0 Å². The highest BCUT2D eigenvalue weighted by molar-refractivity contribution is 7.13. The average Bonchev–Trinajstić information content (AvgIpc) is 2.83. The van der Waals surface area contributed by atoms with E-state index in [-0.39, 0.29) is 5.91 Å². The Labute approximate surface area is 120 Å². The number of amides is 1. The zero-order valence-corrected chi connectivity index (χ0v) is 12.0. The molecule has 3 N–H and O–H groups in total. The topological polar surface area (TPSA) is 68.0 Å². The number of aromatic nitrogens is 1. The van der Waals surface area contributed by atoms with Gasteiger partial charge in [-0.05, 0) is 24.1 Å². The number of nitrogen functional groups attached to an aromatic ring is 1. The molecule has 0 atom stereocenters. The van der Waals surface area contributed by atoms with Crippen LogP contribution < -0.4 is 11.3 Å². The molecular weight excluding hydrogens is 282 g/mol. The molecule has 4 nitrogen and oxygen atoms in total. The molecule has 0 aliphatic rings. The molecular formula is C13H14ClN3OS. The number of hydrogen-bond donors (Lipinski definition) is 2.